The first-order valence-electron chi connectivity index (χ1n) is 11.6. The van der Waals surface area contributed by atoms with Crippen molar-refractivity contribution in [2.45, 2.75) is 13.8 Å². The number of hydrogen-bond acceptors (Lipinski definition) is 7. The van der Waals surface area contributed by atoms with Crippen LogP contribution < -0.4 is 10.1 Å². The number of benzene rings is 2. The quantitative estimate of drug-likeness (QED) is 0.329. The maximum absolute atomic E-state index is 13.7. The minimum absolute atomic E-state index is 0.165. The number of carbonyl (C=O) groups is 3. The first-order chi connectivity index (χ1) is 17.7. The molecule has 0 saturated carbocycles. The van der Waals surface area contributed by atoms with Crippen molar-refractivity contribution in [2.75, 3.05) is 33.1 Å². The van der Waals surface area contributed by atoms with Crippen molar-refractivity contribution in [1.29, 1.82) is 0 Å². The normalized spacial score (nSPS) is 10.7. The van der Waals surface area contributed by atoms with Crippen LogP contribution in [0.5, 0.6) is 5.75 Å². The van der Waals surface area contributed by atoms with Gasteiger partial charge in [-0.3, -0.25) is 9.59 Å². The summed E-state index contributed by atoms with van der Waals surface area (Å²) < 4.78 is 10.5. The molecule has 2 heterocycles. The molecule has 4 aromatic rings. The van der Waals surface area contributed by atoms with Crippen LogP contribution in [0, 0.1) is 6.92 Å². The maximum Gasteiger partial charge on any atom is 0.341 e. The van der Waals surface area contributed by atoms with E-state index in [0.29, 0.717) is 38.4 Å². The Morgan fingerprint density at radius 3 is 2.41 bits per heavy atom. The van der Waals surface area contributed by atoms with E-state index in [9.17, 15) is 14.4 Å². The molecule has 2 amide bonds. The van der Waals surface area contributed by atoms with E-state index in [0.717, 1.165) is 16.9 Å². The fourth-order valence-electron chi connectivity index (χ4n) is 3.90. The Morgan fingerprint density at radius 2 is 1.76 bits per heavy atom. The topological polar surface area (TPSA) is 97.8 Å². The van der Waals surface area contributed by atoms with Crippen molar-refractivity contribution in [3.05, 3.63) is 76.2 Å². The molecular formula is C28H27N3O5S. The summed E-state index contributed by atoms with van der Waals surface area (Å²) in [5, 5.41) is 3.79. The number of amides is 2. The minimum atomic E-state index is -0.595. The Morgan fingerprint density at radius 1 is 1.05 bits per heavy atom. The molecule has 0 aliphatic carbocycles. The lowest BCUT2D eigenvalue weighted by molar-refractivity contribution is 0.0527. The number of fused-ring (bicyclic) bond motifs is 1. The Hall–Kier alpha value is -4.24. The number of nitrogens with one attached hydrogen (secondary N) is 1. The van der Waals surface area contributed by atoms with Crippen LogP contribution in [0.3, 0.4) is 0 Å². The molecule has 0 aliphatic rings. The highest BCUT2D eigenvalue weighted by atomic mass is 32.1. The zero-order chi connectivity index (χ0) is 26.7. The van der Waals surface area contributed by atoms with Gasteiger partial charge in [-0.15, -0.1) is 11.3 Å². The molecule has 190 valence electrons. The molecule has 0 radical (unpaired) electrons. The number of hydrogen-bond donors (Lipinski definition) is 1. The number of methoxy groups -OCH3 is 1. The van der Waals surface area contributed by atoms with Crippen LogP contribution in [-0.2, 0) is 4.74 Å². The molecule has 2 aromatic carbocycles. The van der Waals surface area contributed by atoms with Crippen molar-refractivity contribution < 1.29 is 23.9 Å². The van der Waals surface area contributed by atoms with Gasteiger partial charge in [0.05, 0.1) is 40.9 Å². The van der Waals surface area contributed by atoms with Crippen molar-refractivity contribution in [3.63, 3.8) is 0 Å². The van der Waals surface area contributed by atoms with Crippen LogP contribution in [0.1, 0.15) is 42.9 Å². The third kappa shape index (κ3) is 5.17. The third-order valence-corrected chi connectivity index (χ3v) is 7.00. The van der Waals surface area contributed by atoms with Gasteiger partial charge in [-0.05, 0) is 55.8 Å². The number of pyridine rings is 1. The van der Waals surface area contributed by atoms with E-state index in [4.69, 9.17) is 14.5 Å². The molecule has 2 aromatic heterocycles. The number of anilines is 1. The van der Waals surface area contributed by atoms with E-state index in [1.54, 1.807) is 41.1 Å². The van der Waals surface area contributed by atoms with Gasteiger partial charge in [-0.1, -0.05) is 18.2 Å². The number of nitrogens with zero attached hydrogens (tertiary/aromatic N) is 2. The highest BCUT2D eigenvalue weighted by molar-refractivity contribution is 7.18. The lowest BCUT2D eigenvalue weighted by Gasteiger charge is -2.11. The lowest BCUT2D eigenvalue weighted by atomic mass is 10.0. The van der Waals surface area contributed by atoms with Crippen molar-refractivity contribution in [2.24, 2.45) is 0 Å². The molecular weight excluding hydrogens is 490 g/mol. The standard InChI is InChI=1S/C28H27N3O5S/c1-6-36-28(34)23-16(2)24(27(33)31(3)4)37-26(23)30-25(32)20-15-22(17-11-13-18(35-5)14-12-17)29-21-10-8-7-9-19(20)21/h7-15H,6H2,1-5H3,(H,30,32). The van der Waals surface area contributed by atoms with E-state index in [1.807, 2.05) is 48.5 Å². The van der Waals surface area contributed by atoms with E-state index < -0.39 is 11.9 Å². The van der Waals surface area contributed by atoms with Gasteiger partial charge < -0.3 is 19.7 Å². The number of carbonyl (C=O) groups excluding carboxylic acids is 3. The van der Waals surface area contributed by atoms with Crippen LogP contribution in [-0.4, -0.2) is 55.5 Å². The third-order valence-electron chi connectivity index (χ3n) is 5.80. The molecule has 0 unspecified atom stereocenters. The van der Waals surface area contributed by atoms with Gasteiger partial charge in [0, 0.05) is 25.0 Å². The number of thiophene rings is 1. The van der Waals surface area contributed by atoms with Gasteiger partial charge in [-0.2, -0.15) is 0 Å². The Bertz CT molecular complexity index is 1490. The highest BCUT2D eigenvalue weighted by Crippen LogP contribution is 2.35. The summed E-state index contributed by atoms with van der Waals surface area (Å²) in [7, 11) is 4.86. The molecule has 0 bridgehead atoms. The fraction of sp³-hybridized carbons (Fsp3) is 0.214. The SMILES string of the molecule is CCOC(=O)c1c(NC(=O)c2cc(-c3ccc(OC)cc3)nc3ccccc23)sc(C(=O)N(C)C)c1C. The molecule has 0 atom stereocenters. The zero-order valence-electron chi connectivity index (χ0n) is 21.2. The monoisotopic (exact) mass is 517 g/mol. The summed E-state index contributed by atoms with van der Waals surface area (Å²) in [5.41, 5.74) is 3.12. The summed E-state index contributed by atoms with van der Waals surface area (Å²) >= 11 is 1.06. The highest BCUT2D eigenvalue weighted by Gasteiger charge is 2.28. The van der Waals surface area contributed by atoms with Crippen LogP contribution in [0.15, 0.2) is 54.6 Å². The number of ether oxygens (including phenoxy) is 2. The second-order valence-electron chi connectivity index (χ2n) is 8.44. The summed E-state index contributed by atoms with van der Waals surface area (Å²) in [6.07, 6.45) is 0. The maximum atomic E-state index is 13.7. The largest absolute Gasteiger partial charge is 0.497 e. The minimum Gasteiger partial charge on any atom is -0.497 e. The van der Waals surface area contributed by atoms with E-state index in [1.165, 1.54) is 4.90 Å². The molecule has 1 N–H and O–H groups in total. The Labute approximate surface area is 218 Å². The van der Waals surface area contributed by atoms with Gasteiger partial charge in [0.25, 0.3) is 11.8 Å². The van der Waals surface area contributed by atoms with Gasteiger partial charge in [0.1, 0.15) is 10.8 Å². The van der Waals surface area contributed by atoms with E-state index >= 15 is 0 Å². The number of para-hydroxylation sites is 1. The lowest BCUT2D eigenvalue weighted by Crippen LogP contribution is -2.21. The first kappa shape index (κ1) is 25.8. The second-order valence-corrected chi connectivity index (χ2v) is 9.46. The molecule has 0 spiro atoms. The van der Waals surface area contributed by atoms with E-state index in [-0.39, 0.29) is 23.1 Å². The molecule has 4 rings (SSSR count). The zero-order valence-corrected chi connectivity index (χ0v) is 22.1. The number of rotatable bonds is 7. The molecule has 9 heteroatoms. The van der Waals surface area contributed by atoms with Crippen LogP contribution in [0.2, 0.25) is 0 Å². The Kier molecular flexibility index (Phi) is 7.54. The van der Waals surface area contributed by atoms with Crippen LogP contribution in [0.25, 0.3) is 22.2 Å². The fourth-order valence-corrected chi connectivity index (χ4v) is 5.11. The van der Waals surface area contributed by atoms with Gasteiger partial charge >= 0.3 is 5.97 Å². The summed E-state index contributed by atoms with van der Waals surface area (Å²) in [4.78, 5) is 45.7. The molecule has 37 heavy (non-hydrogen) atoms. The molecule has 0 aliphatic heterocycles. The summed E-state index contributed by atoms with van der Waals surface area (Å²) in [5.74, 6) is -0.568. The summed E-state index contributed by atoms with van der Waals surface area (Å²) in [6, 6.07) is 16.5. The Balaban J connectivity index is 1.80. The van der Waals surface area contributed by atoms with Crippen molar-refractivity contribution >= 4 is 45.0 Å². The smallest absolute Gasteiger partial charge is 0.341 e. The molecule has 0 saturated heterocycles. The van der Waals surface area contributed by atoms with Crippen LogP contribution in [0.4, 0.5) is 5.00 Å². The van der Waals surface area contributed by atoms with Gasteiger partial charge in [-0.25, -0.2) is 9.78 Å². The van der Waals surface area contributed by atoms with Crippen LogP contribution >= 0.6 is 11.3 Å². The van der Waals surface area contributed by atoms with Crippen molar-refractivity contribution in [1.82, 2.24) is 9.88 Å². The van der Waals surface area contributed by atoms with E-state index in [2.05, 4.69) is 5.32 Å². The average Bonchev–Trinajstić information content (AvgIpc) is 3.22. The predicted molar refractivity (Wildman–Crippen MR) is 145 cm³/mol. The average molecular weight is 518 g/mol. The summed E-state index contributed by atoms with van der Waals surface area (Å²) in [6.45, 7) is 3.55. The predicted octanol–water partition coefficient (Wildman–Crippen LogP) is 5.41. The number of esters is 1. The first-order valence-corrected chi connectivity index (χ1v) is 12.4. The van der Waals surface area contributed by atoms with Gasteiger partial charge in [0.15, 0.2) is 0 Å². The molecule has 8 nitrogen and oxygen atoms in total. The molecule has 0 fully saturated rings. The second kappa shape index (κ2) is 10.8. The van der Waals surface area contributed by atoms with Crippen molar-refractivity contribution in [3.8, 4) is 17.0 Å². The van der Waals surface area contributed by atoms with Gasteiger partial charge in [0.2, 0.25) is 0 Å². The number of aromatic nitrogens is 1.